The minimum atomic E-state index is -0.216. The quantitative estimate of drug-likeness (QED) is 0.404. The average molecular weight is 462 g/mol. The van der Waals surface area contributed by atoms with Crippen molar-refractivity contribution in [2.75, 3.05) is 26.0 Å². The Morgan fingerprint density at radius 3 is 2.46 bits per heavy atom. The van der Waals surface area contributed by atoms with E-state index in [2.05, 4.69) is 34.0 Å². The Kier molecular flexibility index (Phi) is 8.47. The molecule has 4 nitrogen and oxygen atoms in total. The third kappa shape index (κ3) is 5.62. The summed E-state index contributed by atoms with van der Waals surface area (Å²) in [5.41, 5.74) is 2.74. The molecule has 2 rings (SSSR count). The number of guanidine groups is 1. The van der Waals surface area contributed by atoms with Gasteiger partial charge in [0.15, 0.2) is 5.96 Å². The largest absolute Gasteiger partial charge is 0.375 e. The predicted octanol–water partition coefficient (Wildman–Crippen LogP) is 3.74. The molecule has 7 heteroatoms. The van der Waals surface area contributed by atoms with Crippen molar-refractivity contribution in [1.82, 2.24) is 10.6 Å². The van der Waals surface area contributed by atoms with Gasteiger partial charge < -0.3 is 15.5 Å². The summed E-state index contributed by atoms with van der Waals surface area (Å²) in [5, 5.41) is 8.56. The molecule has 1 aromatic carbocycles. The topological polar surface area (TPSA) is 39.7 Å². The molecule has 2 aromatic rings. The van der Waals surface area contributed by atoms with Crippen LogP contribution in [0.4, 0.5) is 10.1 Å². The summed E-state index contributed by atoms with van der Waals surface area (Å²) in [6.45, 7) is 3.35. The Labute approximate surface area is 164 Å². The van der Waals surface area contributed by atoms with E-state index in [1.807, 2.05) is 20.2 Å². The molecule has 2 N–H and O–H groups in total. The molecule has 0 aliphatic heterocycles. The van der Waals surface area contributed by atoms with Crippen molar-refractivity contribution < 1.29 is 4.39 Å². The first-order chi connectivity index (χ1) is 11.0. The number of aliphatic imine (C=N–C) groups is 1. The molecule has 0 spiro atoms. The number of nitrogens with one attached hydrogen (secondary N) is 2. The fourth-order valence-corrected chi connectivity index (χ4v) is 3.02. The Morgan fingerprint density at radius 2 is 1.92 bits per heavy atom. The second kappa shape index (κ2) is 9.83. The van der Waals surface area contributed by atoms with Crippen molar-refractivity contribution in [3.8, 4) is 0 Å². The maximum absolute atomic E-state index is 14.0. The standard InChI is InChI=1S/C17H23FN4S.HI/c1-12-7-8-23-16(12)11-21-17(19-2)20-10-13-5-6-15(22(3)4)14(18)9-13;/h5-9H,10-11H2,1-4H3,(H2,19,20,21);1H. The number of rotatable bonds is 5. The molecule has 0 fully saturated rings. The van der Waals surface area contributed by atoms with E-state index in [1.165, 1.54) is 10.4 Å². The third-order valence-electron chi connectivity index (χ3n) is 3.56. The molecule has 0 bridgehead atoms. The van der Waals surface area contributed by atoms with Crippen LogP contribution in [-0.4, -0.2) is 27.1 Å². The van der Waals surface area contributed by atoms with Crippen molar-refractivity contribution in [2.24, 2.45) is 4.99 Å². The summed E-state index contributed by atoms with van der Waals surface area (Å²) >= 11 is 1.72. The van der Waals surface area contributed by atoms with E-state index < -0.39 is 0 Å². The van der Waals surface area contributed by atoms with E-state index in [9.17, 15) is 4.39 Å². The van der Waals surface area contributed by atoms with Crippen LogP contribution in [-0.2, 0) is 13.1 Å². The van der Waals surface area contributed by atoms with Crippen molar-refractivity contribution in [3.63, 3.8) is 0 Å². The smallest absolute Gasteiger partial charge is 0.191 e. The van der Waals surface area contributed by atoms with Crippen molar-refractivity contribution in [3.05, 3.63) is 51.5 Å². The van der Waals surface area contributed by atoms with Crippen LogP contribution in [0.25, 0.3) is 0 Å². The van der Waals surface area contributed by atoms with E-state index in [0.717, 1.165) is 12.1 Å². The molecule has 132 valence electrons. The molecule has 0 atom stereocenters. The van der Waals surface area contributed by atoms with Crippen LogP contribution in [0.15, 0.2) is 34.6 Å². The molecule has 0 saturated heterocycles. The lowest BCUT2D eigenvalue weighted by molar-refractivity contribution is 0.623. The second-order valence-electron chi connectivity index (χ2n) is 5.49. The predicted molar refractivity (Wildman–Crippen MR) is 112 cm³/mol. The maximum Gasteiger partial charge on any atom is 0.191 e. The minimum Gasteiger partial charge on any atom is -0.375 e. The molecule has 0 radical (unpaired) electrons. The highest BCUT2D eigenvalue weighted by Crippen LogP contribution is 2.18. The summed E-state index contributed by atoms with van der Waals surface area (Å²) in [5.74, 6) is 0.487. The summed E-state index contributed by atoms with van der Waals surface area (Å²) in [7, 11) is 5.38. The van der Waals surface area contributed by atoms with Gasteiger partial charge in [0.05, 0.1) is 12.2 Å². The maximum atomic E-state index is 14.0. The summed E-state index contributed by atoms with van der Waals surface area (Å²) in [6.07, 6.45) is 0. The number of nitrogens with zero attached hydrogens (tertiary/aromatic N) is 2. The zero-order chi connectivity index (χ0) is 16.8. The van der Waals surface area contributed by atoms with Crippen LogP contribution in [0.5, 0.6) is 0 Å². The number of anilines is 1. The van der Waals surface area contributed by atoms with Crippen molar-refractivity contribution in [2.45, 2.75) is 20.0 Å². The number of benzene rings is 1. The van der Waals surface area contributed by atoms with Gasteiger partial charge in [0.2, 0.25) is 0 Å². The molecule has 0 aliphatic rings. The van der Waals surface area contributed by atoms with Gasteiger partial charge in [-0.15, -0.1) is 35.3 Å². The van der Waals surface area contributed by atoms with E-state index in [4.69, 9.17) is 0 Å². The number of hydrogen-bond donors (Lipinski definition) is 2. The van der Waals surface area contributed by atoms with Crippen molar-refractivity contribution >= 4 is 47.0 Å². The van der Waals surface area contributed by atoms with Gasteiger partial charge in [0, 0.05) is 32.6 Å². The highest BCUT2D eigenvalue weighted by molar-refractivity contribution is 14.0. The van der Waals surface area contributed by atoms with Crippen LogP contribution in [0, 0.1) is 12.7 Å². The molecule has 24 heavy (non-hydrogen) atoms. The van der Waals surface area contributed by atoms with E-state index in [-0.39, 0.29) is 29.8 Å². The average Bonchev–Trinajstić information content (AvgIpc) is 2.92. The first-order valence-electron chi connectivity index (χ1n) is 7.44. The summed E-state index contributed by atoms with van der Waals surface area (Å²) in [6, 6.07) is 7.37. The van der Waals surface area contributed by atoms with Crippen LogP contribution in [0.3, 0.4) is 0 Å². The first-order valence-corrected chi connectivity index (χ1v) is 8.32. The highest BCUT2D eigenvalue weighted by atomic mass is 127. The zero-order valence-corrected chi connectivity index (χ0v) is 17.5. The van der Waals surface area contributed by atoms with Crippen LogP contribution in [0.2, 0.25) is 0 Å². The first kappa shape index (κ1) is 20.7. The van der Waals surface area contributed by atoms with Gasteiger partial charge in [-0.3, -0.25) is 4.99 Å². The fourth-order valence-electron chi connectivity index (χ4n) is 2.18. The zero-order valence-electron chi connectivity index (χ0n) is 14.4. The number of halogens is 2. The number of hydrogen-bond acceptors (Lipinski definition) is 3. The Hall–Kier alpha value is -1.35. The second-order valence-corrected chi connectivity index (χ2v) is 6.49. The Balaban J connectivity index is 0.00000288. The van der Waals surface area contributed by atoms with E-state index in [1.54, 1.807) is 35.4 Å². The SMILES string of the molecule is CN=C(NCc1ccc(N(C)C)c(F)c1)NCc1sccc1C.I. The van der Waals surface area contributed by atoms with Gasteiger partial charge in [-0.25, -0.2) is 4.39 Å². The minimum absolute atomic E-state index is 0. The highest BCUT2D eigenvalue weighted by Gasteiger charge is 2.06. The lowest BCUT2D eigenvalue weighted by Crippen LogP contribution is -2.36. The number of aryl methyl sites for hydroxylation is 1. The molecule has 1 heterocycles. The van der Waals surface area contributed by atoms with Crippen LogP contribution >= 0.6 is 35.3 Å². The van der Waals surface area contributed by atoms with Crippen molar-refractivity contribution in [1.29, 1.82) is 0 Å². The summed E-state index contributed by atoms with van der Waals surface area (Å²) < 4.78 is 14.0. The Morgan fingerprint density at radius 1 is 1.21 bits per heavy atom. The van der Waals surface area contributed by atoms with Gasteiger partial charge in [0.25, 0.3) is 0 Å². The third-order valence-corrected chi connectivity index (χ3v) is 4.59. The molecule has 0 amide bonds. The van der Waals surface area contributed by atoms with Crippen LogP contribution < -0.4 is 15.5 Å². The fraction of sp³-hybridized carbons (Fsp3) is 0.353. The van der Waals surface area contributed by atoms with Gasteiger partial charge in [0.1, 0.15) is 5.82 Å². The normalized spacial score (nSPS) is 11.0. The van der Waals surface area contributed by atoms with Gasteiger partial charge >= 0.3 is 0 Å². The van der Waals surface area contributed by atoms with Crippen LogP contribution in [0.1, 0.15) is 16.0 Å². The molecule has 0 unspecified atom stereocenters. The van der Waals surface area contributed by atoms with E-state index >= 15 is 0 Å². The molecule has 0 saturated carbocycles. The molecule has 0 aliphatic carbocycles. The summed E-state index contributed by atoms with van der Waals surface area (Å²) in [4.78, 5) is 7.24. The monoisotopic (exact) mass is 462 g/mol. The molecule has 1 aromatic heterocycles. The number of thiophene rings is 1. The van der Waals surface area contributed by atoms with E-state index in [0.29, 0.717) is 18.2 Å². The van der Waals surface area contributed by atoms with Gasteiger partial charge in [-0.05, 0) is 41.6 Å². The van der Waals surface area contributed by atoms with Gasteiger partial charge in [-0.2, -0.15) is 0 Å². The lowest BCUT2D eigenvalue weighted by Gasteiger charge is -2.15. The lowest BCUT2D eigenvalue weighted by atomic mass is 10.2. The Bertz CT molecular complexity index is 685. The molecular weight excluding hydrogens is 438 g/mol. The molecular formula is C17H24FIN4S. The van der Waals surface area contributed by atoms with Gasteiger partial charge in [-0.1, -0.05) is 6.07 Å².